The lowest BCUT2D eigenvalue weighted by molar-refractivity contribution is 0.0947. The molecule has 0 unspecified atom stereocenters. The molecule has 0 bridgehead atoms. The van der Waals surface area contributed by atoms with Crippen molar-refractivity contribution in [3.63, 3.8) is 0 Å². The number of pyridine rings is 1. The minimum Gasteiger partial charge on any atom is -0.351 e. The Bertz CT molecular complexity index is 527. The molecule has 0 aromatic carbocycles. The lowest BCUT2D eigenvalue weighted by Crippen LogP contribution is -2.25. The summed E-state index contributed by atoms with van der Waals surface area (Å²) in [7, 11) is 0. The number of hydrogen-bond acceptors (Lipinski definition) is 3. The lowest BCUT2D eigenvalue weighted by atomic mass is 10.3. The van der Waals surface area contributed by atoms with Gasteiger partial charge in [0, 0.05) is 25.5 Å². The number of nitrogens with zero attached hydrogens (tertiary/aromatic N) is 3. The SMILES string of the molecule is O=C(NCCCCn1ccnc1)c1cccc(Br)n1. The third-order valence-corrected chi connectivity index (χ3v) is 3.08. The summed E-state index contributed by atoms with van der Waals surface area (Å²) in [5, 5.41) is 2.86. The fourth-order valence-corrected chi connectivity index (χ4v) is 2.01. The molecule has 5 nitrogen and oxygen atoms in total. The summed E-state index contributed by atoms with van der Waals surface area (Å²) in [6.07, 6.45) is 7.43. The second-order valence-electron chi connectivity index (χ2n) is 4.11. The van der Waals surface area contributed by atoms with E-state index in [2.05, 4.69) is 31.2 Å². The first-order valence-corrected chi connectivity index (χ1v) is 6.91. The zero-order valence-electron chi connectivity index (χ0n) is 10.4. The van der Waals surface area contributed by atoms with E-state index in [0.29, 0.717) is 16.8 Å². The summed E-state index contributed by atoms with van der Waals surface area (Å²) in [6.45, 7) is 1.58. The molecule has 1 amide bonds. The van der Waals surface area contributed by atoms with E-state index >= 15 is 0 Å². The summed E-state index contributed by atoms with van der Waals surface area (Å²) in [5.74, 6) is -0.135. The Labute approximate surface area is 120 Å². The van der Waals surface area contributed by atoms with Crippen LogP contribution in [0.1, 0.15) is 23.3 Å². The molecule has 2 aromatic heterocycles. The molecule has 19 heavy (non-hydrogen) atoms. The van der Waals surface area contributed by atoms with E-state index in [9.17, 15) is 4.79 Å². The van der Waals surface area contributed by atoms with E-state index in [-0.39, 0.29) is 5.91 Å². The highest BCUT2D eigenvalue weighted by Gasteiger charge is 2.06. The lowest BCUT2D eigenvalue weighted by Gasteiger charge is -2.05. The van der Waals surface area contributed by atoms with Crippen molar-refractivity contribution < 1.29 is 4.79 Å². The van der Waals surface area contributed by atoms with Crippen molar-refractivity contribution in [3.8, 4) is 0 Å². The molecular formula is C13H15BrN4O. The van der Waals surface area contributed by atoms with E-state index in [4.69, 9.17) is 0 Å². The van der Waals surface area contributed by atoms with Crippen LogP contribution in [-0.2, 0) is 6.54 Å². The maximum atomic E-state index is 11.8. The van der Waals surface area contributed by atoms with Gasteiger partial charge in [-0.25, -0.2) is 9.97 Å². The van der Waals surface area contributed by atoms with Gasteiger partial charge in [0.15, 0.2) is 0 Å². The maximum Gasteiger partial charge on any atom is 0.269 e. The predicted molar refractivity (Wildman–Crippen MR) is 75.7 cm³/mol. The fraction of sp³-hybridized carbons (Fsp3) is 0.308. The summed E-state index contributed by atoms with van der Waals surface area (Å²) >= 11 is 3.25. The van der Waals surface area contributed by atoms with Gasteiger partial charge in [-0.15, -0.1) is 0 Å². The summed E-state index contributed by atoms with van der Waals surface area (Å²) in [4.78, 5) is 19.9. The number of nitrogens with one attached hydrogen (secondary N) is 1. The highest BCUT2D eigenvalue weighted by atomic mass is 79.9. The number of rotatable bonds is 6. The van der Waals surface area contributed by atoms with Crippen LogP contribution in [0.3, 0.4) is 0 Å². The van der Waals surface area contributed by atoms with Crippen LogP contribution in [0.5, 0.6) is 0 Å². The number of amides is 1. The third kappa shape index (κ3) is 4.48. The first-order valence-electron chi connectivity index (χ1n) is 6.12. The Hall–Kier alpha value is -1.69. The van der Waals surface area contributed by atoms with Gasteiger partial charge in [-0.3, -0.25) is 4.79 Å². The molecule has 0 saturated heterocycles. The number of carbonyl (C=O) groups is 1. The summed E-state index contributed by atoms with van der Waals surface area (Å²) < 4.78 is 2.69. The number of aryl methyl sites for hydroxylation is 1. The normalized spacial score (nSPS) is 10.4. The average molecular weight is 323 g/mol. The first-order chi connectivity index (χ1) is 9.25. The maximum absolute atomic E-state index is 11.8. The number of carbonyl (C=O) groups excluding carboxylic acids is 1. The van der Waals surface area contributed by atoms with Crippen molar-refractivity contribution >= 4 is 21.8 Å². The molecule has 0 saturated carbocycles. The van der Waals surface area contributed by atoms with Crippen molar-refractivity contribution in [3.05, 3.63) is 47.2 Å². The molecule has 2 aromatic rings. The Morgan fingerprint density at radius 2 is 2.26 bits per heavy atom. The van der Waals surface area contributed by atoms with Gasteiger partial charge in [0.1, 0.15) is 10.3 Å². The molecule has 0 radical (unpaired) electrons. The van der Waals surface area contributed by atoms with E-state index in [0.717, 1.165) is 19.4 Å². The molecule has 0 aliphatic rings. The monoisotopic (exact) mass is 322 g/mol. The zero-order valence-corrected chi connectivity index (χ0v) is 12.0. The number of unbranched alkanes of at least 4 members (excludes halogenated alkanes) is 1. The molecule has 6 heteroatoms. The van der Waals surface area contributed by atoms with E-state index < -0.39 is 0 Å². The number of imidazole rings is 1. The van der Waals surface area contributed by atoms with Gasteiger partial charge >= 0.3 is 0 Å². The molecule has 0 aliphatic carbocycles. The standard InChI is InChI=1S/C13H15BrN4O/c14-12-5-3-4-11(17-12)13(19)16-6-1-2-8-18-9-7-15-10-18/h3-5,7,9-10H,1-2,6,8H2,(H,16,19). The molecule has 0 aliphatic heterocycles. The van der Waals surface area contributed by atoms with Crippen LogP contribution >= 0.6 is 15.9 Å². The smallest absolute Gasteiger partial charge is 0.269 e. The largest absolute Gasteiger partial charge is 0.351 e. The molecule has 2 rings (SSSR count). The fourth-order valence-electron chi connectivity index (χ4n) is 1.67. The highest BCUT2D eigenvalue weighted by molar-refractivity contribution is 9.10. The Balaban J connectivity index is 1.67. The minimum atomic E-state index is -0.135. The molecule has 100 valence electrons. The third-order valence-electron chi connectivity index (χ3n) is 2.64. The van der Waals surface area contributed by atoms with Crippen LogP contribution in [0.15, 0.2) is 41.5 Å². The highest BCUT2D eigenvalue weighted by Crippen LogP contribution is 2.06. The Morgan fingerprint density at radius 1 is 1.37 bits per heavy atom. The van der Waals surface area contributed by atoms with Crippen LogP contribution in [0, 0.1) is 0 Å². The molecule has 0 fully saturated rings. The summed E-state index contributed by atoms with van der Waals surface area (Å²) in [6, 6.07) is 5.29. The van der Waals surface area contributed by atoms with Crippen molar-refractivity contribution in [2.75, 3.05) is 6.54 Å². The molecule has 2 heterocycles. The Morgan fingerprint density at radius 3 is 3.00 bits per heavy atom. The second kappa shape index (κ2) is 7.04. The molecule has 0 atom stereocenters. The van der Waals surface area contributed by atoms with Crippen molar-refractivity contribution in [2.45, 2.75) is 19.4 Å². The second-order valence-corrected chi connectivity index (χ2v) is 4.92. The Kier molecular flexibility index (Phi) is 5.09. The molecule has 0 spiro atoms. The van der Waals surface area contributed by atoms with Crippen molar-refractivity contribution in [1.29, 1.82) is 0 Å². The van der Waals surface area contributed by atoms with Crippen LogP contribution in [0.25, 0.3) is 0 Å². The van der Waals surface area contributed by atoms with Gasteiger partial charge in [-0.1, -0.05) is 6.07 Å². The van der Waals surface area contributed by atoms with Crippen LogP contribution in [0.2, 0.25) is 0 Å². The quantitative estimate of drug-likeness (QED) is 0.655. The van der Waals surface area contributed by atoms with Gasteiger partial charge in [0.25, 0.3) is 5.91 Å². The molecule has 1 N–H and O–H groups in total. The van der Waals surface area contributed by atoms with E-state index in [1.807, 2.05) is 10.8 Å². The van der Waals surface area contributed by atoms with Gasteiger partial charge < -0.3 is 9.88 Å². The predicted octanol–water partition coefficient (Wildman–Crippen LogP) is 2.25. The average Bonchev–Trinajstić information content (AvgIpc) is 2.91. The van der Waals surface area contributed by atoms with Gasteiger partial charge in [0.2, 0.25) is 0 Å². The molecular weight excluding hydrogens is 308 g/mol. The van der Waals surface area contributed by atoms with Crippen molar-refractivity contribution in [1.82, 2.24) is 19.9 Å². The van der Waals surface area contributed by atoms with Gasteiger partial charge in [-0.05, 0) is 40.9 Å². The summed E-state index contributed by atoms with van der Waals surface area (Å²) in [5.41, 5.74) is 0.434. The minimum absolute atomic E-state index is 0.135. The number of aromatic nitrogens is 3. The van der Waals surface area contributed by atoms with Gasteiger partial charge in [-0.2, -0.15) is 0 Å². The van der Waals surface area contributed by atoms with Crippen LogP contribution in [-0.4, -0.2) is 27.0 Å². The van der Waals surface area contributed by atoms with Gasteiger partial charge in [0.05, 0.1) is 6.33 Å². The van der Waals surface area contributed by atoms with Crippen molar-refractivity contribution in [2.24, 2.45) is 0 Å². The van der Waals surface area contributed by atoms with E-state index in [1.54, 1.807) is 30.7 Å². The van der Waals surface area contributed by atoms with Crippen LogP contribution < -0.4 is 5.32 Å². The van der Waals surface area contributed by atoms with Crippen LogP contribution in [0.4, 0.5) is 0 Å². The zero-order chi connectivity index (χ0) is 13.5. The van der Waals surface area contributed by atoms with E-state index in [1.165, 1.54) is 0 Å². The number of hydrogen-bond donors (Lipinski definition) is 1. The number of halogens is 1. The topological polar surface area (TPSA) is 59.8 Å². The first kappa shape index (κ1) is 13.7.